The van der Waals surface area contributed by atoms with Crippen molar-refractivity contribution in [1.82, 2.24) is 4.90 Å². The zero-order chi connectivity index (χ0) is 15.6. The Kier molecular flexibility index (Phi) is 4.20. The topological polar surface area (TPSA) is 44.7 Å². The molecule has 4 nitrogen and oxygen atoms in total. The number of carbonyl (C=O) groups excluding carboxylic acids is 1. The molecule has 114 valence electrons. The summed E-state index contributed by atoms with van der Waals surface area (Å²) in [6.45, 7) is 2.04. The summed E-state index contributed by atoms with van der Waals surface area (Å²) in [4.78, 5) is 17.6. The van der Waals surface area contributed by atoms with Crippen LogP contribution in [0.15, 0.2) is 29.3 Å². The first-order valence-electron chi connectivity index (χ1n) is 6.56. The molecule has 1 aromatic carbocycles. The molecule has 0 bridgehead atoms. The van der Waals surface area contributed by atoms with Gasteiger partial charge in [0.15, 0.2) is 0 Å². The van der Waals surface area contributed by atoms with Gasteiger partial charge in [-0.15, -0.1) is 0 Å². The molecule has 1 N–H and O–H groups in total. The summed E-state index contributed by atoms with van der Waals surface area (Å²) in [7, 11) is 1.86. The number of nitrogens with one attached hydrogen (secondary N) is 1. The van der Waals surface area contributed by atoms with Gasteiger partial charge in [0.1, 0.15) is 5.84 Å². The van der Waals surface area contributed by atoms with Crippen LogP contribution in [0.5, 0.6) is 0 Å². The van der Waals surface area contributed by atoms with Crippen LogP contribution in [0, 0.1) is 0 Å². The number of aliphatic imine (C=N–C) groups is 1. The van der Waals surface area contributed by atoms with Gasteiger partial charge in [-0.05, 0) is 37.6 Å². The Balaban J connectivity index is 2.02. The minimum absolute atomic E-state index is 0.283. The number of halogens is 3. The fraction of sp³-hybridized carbons (Fsp3) is 0.429. The molecule has 0 saturated carbocycles. The normalized spacial score (nSPS) is 20.9. The molecule has 21 heavy (non-hydrogen) atoms. The Bertz CT molecular complexity index is 552. The van der Waals surface area contributed by atoms with E-state index in [0.29, 0.717) is 11.9 Å². The van der Waals surface area contributed by atoms with E-state index in [-0.39, 0.29) is 5.69 Å². The van der Waals surface area contributed by atoms with Crippen molar-refractivity contribution in [3.8, 4) is 0 Å². The van der Waals surface area contributed by atoms with Crippen LogP contribution in [0.3, 0.4) is 0 Å². The summed E-state index contributed by atoms with van der Waals surface area (Å²) < 4.78 is 37.3. The molecule has 1 atom stereocenters. The number of benzene rings is 1. The maximum Gasteiger partial charge on any atom is 0.416 e. The number of amidine groups is 1. The van der Waals surface area contributed by atoms with Crippen LogP contribution in [0.4, 0.5) is 23.7 Å². The van der Waals surface area contributed by atoms with Gasteiger partial charge in [0.05, 0.1) is 5.56 Å². The fourth-order valence-electron chi connectivity index (χ4n) is 2.11. The number of anilines is 1. The van der Waals surface area contributed by atoms with Crippen molar-refractivity contribution in [1.29, 1.82) is 0 Å². The van der Waals surface area contributed by atoms with E-state index >= 15 is 0 Å². The summed E-state index contributed by atoms with van der Waals surface area (Å²) in [5, 5.41) is 2.46. The molecule has 2 amide bonds. The molecule has 7 heteroatoms. The highest BCUT2D eigenvalue weighted by atomic mass is 19.4. The molecule has 2 rings (SSSR count). The van der Waals surface area contributed by atoms with Gasteiger partial charge in [-0.2, -0.15) is 18.2 Å². The van der Waals surface area contributed by atoms with Gasteiger partial charge in [-0.1, -0.05) is 0 Å². The number of likely N-dealkylation sites (tertiary alicyclic amines) is 1. The first kappa shape index (κ1) is 15.3. The van der Waals surface area contributed by atoms with Gasteiger partial charge in [0, 0.05) is 25.2 Å². The van der Waals surface area contributed by atoms with E-state index in [0.717, 1.165) is 25.0 Å². The van der Waals surface area contributed by atoms with E-state index in [1.807, 2.05) is 18.9 Å². The molecule has 1 saturated heterocycles. The number of amides is 2. The van der Waals surface area contributed by atoms with Crippen LogP contribution in [0.25, 0.3) is 0 Å². The number of hydrogen-bond acceptors (Lipinski definition) is 1. The Morgan fingerprint density at radius 2 is 1.95 bits per heavy atom. The van der Waals surface area contributed by atoms with Crippen molar-refractivity contribution < 1.29 is 18.0 Å². The molecular weight excluding hydrogens is 283 g/mol. The Morgan fingerprint density at radius 3 is 2.43 bits per heavy atom. The van der Waals surface area contributed by atoms with Crippen LogP contribution in [0.2, 0.25) is 0 Å². The van der Waals surface area contributed by atoms with Crippen molar-refractivity contribution in [3.63, 3.8) is 0 Å². The number of rotatable bonds is 1. The Morgan fingerprint density at radius 1 is 1.33 bits per heavy atom. The maximum absolute atomic E-state index is 12.4. The Hall–Kier alpha value is -2.05. The van der Waals surface area contributed by atoms with Gasteiger partial charge < -0.3 is 10.2 Å². The lowest BCUT2D eigenvalue weighted by molar-refractivity contribution is -0.137. The molecular formula is C14H16F3N3O. The molecule has 0 spiro atoms. The molecule has 0 radical (unpaired) electrons. The third-order valence-corrected chi connectivity index (χ3v) is 3.55. The van der Waals surface area contributed by atoms with Gasteiger partial charge in [0.25, 0.3) is 0 Å². The maximum atomic E-state index is 12.4. The quantitative estimate of drug-likeness (QED) is 0.858. The highest BCUT2D eigenvalue weighted by molar-refractivity contribution is 6.00. The molecule has 1 fully saturated rings. The standard InChI is InChI=1S/C14H16F3N3O/c1-9-3-8-12(20(9)2)19-13(21)18-11-6-4-10(5-7-11)14(15,16)17/h4-7,9H,3,8H2,1-2H3,(H,18,21). The highest BCUT2D eigenvalue weighted by Crippen LogP contribution is 2.29. The molecule has 0 aromatic heterocycles. The van der Waals surface area contributed by atoms with E-state index in [1.165, 1.54) is 12.1 Å². The summed E-state index contributed by atoms with van der Waals surface area (Å²) >= 11 is 0. The predicted octanol–water partition coefficient (Wildman–Crippen LogP) is 3.75. The smallest absolute Gasteiger partial charge is 0.360 e. The summed E-state index contributed by atoms with van der Waals surface area (Å²) in [5.41, 5.74) is -0.470. The number of hydrogen-bond donors (Lipinski definition) is 1. The Labute approximate surface area is 120 Å². The number of nitrogens with zero attached hydrogens (tertiary/aromatic N) is 2. The molecule has 1 aromatic rings. The van der Waals surface area contributed by atoms with Crippen molar-refractivity contribution in [3.05, 3.63) is 29.8 Å². The minimum Gasteiger partial charge on any atom is -0.360 e. The summed E-state index contributed by atoms with van der Waals surface area (Å²) in [6, 6.07) is 4.02. The van der Waals surface area contributed by atoms with E-state index in [2.05, 4.69) is 10.3 Å². The second-order valence-corrected chi connectivity index (χ2v) is 5.03. The summed E-state index contributed by atoms with van der Waals surface area (Å²) in [6.07, 6.45) is -2.73. The van der Waals surface area contributed by atoms with E-state index in [1.54, 1.807) is 0 Å². The largest absolute Gasteiger partial charge is 0.416 e. The SMILES string of the molecule is CC1CCC(=NC(=O)Nc2ccc(C(F)(F)F)cc2)N1C. The average molecular weight is 299 g/mol. The van der Waals surface area contributed by atoms with Crippen LogP contribution in [-0.2, 0) is 6.18 Å². The molecule has 1 aliphatic rings. The van der Waals surface area contributed by atoms with Gasteiger partial charge in [0.2, 0.25) is 0 Å². The van der Waals surface area contributed by atoms with Crippen molar-refractivity contribution >= 4 is 17.6 Å². The predicted molar refractivity (Wildman–Crippen MR) is 74.4 cm³/mol. The van der Waals surface area contributed by atoms with Crippen molar-refractivity contribution in [2.24, 2.45) is 4.99 Å². The first-order valence-corrected chi connectivity index (χ1v) is 6.56. The lowest BCUT2D eigenvalue weighted by atomic mass is 10.2. The average Bonchev–Trinajstić information content (AvgIpc) is 2.70. The number of carbonyl (C=O) groups is 1. The zero-order valence-corrected chi connectivity index (χ0v) is 11.7. The number of urea groups is 1. The summed E-state index contributed by atoms with van der Waals surface area (Å²) in [5.74, 6) is 0.687. The third-order valence-electron chi connectivity index (χ3n) is 3.55. The fourth-order valence-corrected chi connectivity index (χ4v) is 2.11. The van der Waals surface area contributed by atoms with Gasteiger partial charge in [-0.3, -0.25) is 0 Å². The third kappa shape index (κ3) is 3.74. The van der Waals surface area contributed by atoms with Gasteiger partial charge in [-0.25, -0.2) is 4.79 Å². The highest BCUT2D eigenvalue weighted by Gasteiger charge is 2.30. The molecule has 1 heterocycles. The van der Waals surface area contributed by atoms with E-state index in [9.17, 15) is 18.0 Å². The van der Waals surface area contributed by atoms with Crippen LogP contribution in [0.1, 0.15) is 25.3 Å². The lowest BCUT2D eigenvalue weighted by Crippen LogP contribution is -2.27. The second-order valence-electron chi connectivity index (χ2n) is 5.03. The van der Waals surface area contributed by atoms with Crippen LogP contribution in [-0.4, -0.2) is 29.9 Å². The van der Waals surface area contributed by atoms with Gasteiger partial charge >= 0.3 is 12.2 Å². The second kappa shape index (κ2) is 5.75. The zero-order valence-electron chi connectivity index (χ0n) is 11.7. The molecule has 1 unspecified atom stereocenters. The van der Waals surface area contributed by atoms with Crippen LogP contribution < -0.4 is 5.32 Å². The molecule has 1 aliphatic heterocycles. The van der Waals surface area contributed by atoms with Crippen molar-refractivity contribution in [2.45, 2.75) is 32.0 Å². The van der Waals surface area contributed by atoms with Crippen LogP contribution >= 0.6 is 0 Å². The van der Waals surface area contributed by atoms with E-state index < -0.39 is 17.8 Å². The number of alkyl halides is 3. The molecule has 0 aliphatic carbocycles. The van der Waals surface area contributed by atoms with Crippen molar-refractivity contribution in [2.75, 3.05) is 12.4 Å². The minimum atomic E-state index is -4.38. The lowest BCUT2D eigenvalue weighted by Gasteiger charge is -2.17. The monoisotopic (exact) mass is 299 g/mol. The van der Waals surface area contributed by atoms with E-state index in [4.69, 9.17) is 0 Å². The first-order chi connectivity index (χ1) is 9.77.